The van der Waals surface area contributed by atoms with Gasteiger partial charge in [-0.3, -0.25) is 9.69 Å². The summed E-state index contributed by atoms with van der Waals surface area (Å²) in [7, 11) is -3.23. The number of amides is 1. The Morgan fingerprint density at radius 3 is 1.83 bits per heavy atom. The molecule has 0 spiro atoms. The molecule has 2 aliphatic heterocycles. The first-order valence-corrected chi connectivity index (χ1v) is 13.2. The number of hydrogen-bond donors (Lipinski definition) is 0. The second-order valence-corrected chi connectivity index (χ2v) is 11.3. The van der Waals surface area contributed by atoms with Crippen molar-refractivity contribution in [2.24, 2.45) is 5.92 Å². The molecule has 2 saturated heterocycles. The van der Waals surface area contributed by atoms with Gasteiger partial charge < -0.3 is 4.90 Å². The molecule has 0 radical (unpaired) electrons. The number of rotatable bonds is 5. The van der Waals surface area contributed by atoms with E-state index in [1.165, 1.54) is 17.5 Å². The van der Waals surface area contributed by atoms with Gasteiger partial charge in [-0.25, -0.2) is 8.42 Å². The summed E-state index contributed by atoms with van der Waals surface area (Å²) in [5.41, 5.74) is -2.97. The zero-order chi connectivity index (χ0) is 26.2. The monoisotopic (exact) mass is 529 g/mol. The molecule has 13 heteroatoms. The van der Waals surface area contributed by atoms with E-state index in [1.807, 2.05) is 0 Å². The average Bonchev–Trinajstić information content (AvgIpc) is 2.77. The Bertz CT molecular complexity index is 980. The Balaban J connectivity index is 1.59. The van der Waals surface area contributed by atoms with Crippen LogP contribution < -0.4 is 0 Å². The lowest BCUT2D eigenvalue weighted by Crippen LogP contribution is -2.54. The SMILES string of the molecule is C[C@H](Cc1cc(C(F)(F)F)cc(C(F)(F)F)c1)C(=O)N1CCC(N2CCN(S(C)(=O)=O)CC2)CC1. The lowest BCUT2D eigenvalue weighted by atomic mass is 9.94. The van der Waals surface area contributed by atoms with E-state index in [-0.39, 0.29) is 30.0 Å². The van der Waals surface area contributed by atoms with E-state index < -0.39 is 39.4 Å². The third-order valence-corrected chi connectivity index (χ3v) is 7.95. The first-order chi connectivity index (χ1) is 16.1. The lowest BCUT2D eigenvalue weighted by molar-refractivity contribution is -0.143. The van der Waals surface area contributed by atoms with Gasteiger partial charge >= 0.3 is 12.4 Å². The third-order valence-electron chi connectivity index (χ3n) is 6.65. The van der Waals surface area contributed by atoms with Crippen LogP contribution in [0.3, 0.4) is 0 Å². The molecule has 2 fully saturated rings. The molecule has 0 N–H and O–H groups in total. The fourth-order valence-corrected chi connectivity index (χ4v) is 5.57. The summed E-state index contributed by atoms with van der Waals surface area (Å²) in [6.07, 6.45) is -7.59. The molecule has 198 valence electrons. The normalized spacial score (nSPS) is 20.7. The average molecular weight is 530 g/mol. The van der Waals surface area contributed by atoms with Crippen LogP contribution in [0.25, 0.3) is 0 Å². The summed E-state index contributed by atoms with van der Waals surface area (Å²) in [5, 5.41) is 0. The zero-order valence-corrected chi connectivity index (χ0v) is 20.3. The molecule has 6 nitrogen and oxygen atoms in total. The van der Waals surface area contributed by atoms with Crippen LogP contribution in [0.5, 0.6) is 0 Å². The standard InChI is InChI=1S/C22H29F6N3O3S/c1-15(11-16-12-17(21(23,24)25)14-18(13-16)22(26,27)28)20(32)30-5-3-19(4-6-30)29-7-9-31(10-8-29)35(2,33)34/h12-15,19H,3-11H2,1-2H3/t15-/m1/s1. The highest BCUT2D eigenvalue weighted by atomic mass is 32.2. The molecule has 1 aromatic carbocycles. The van der Waals surface area contributed by atoms with Crippen molar-refractivity contribution in [2.45, 2.75) is 44.6 Å². The van der Waals surface area contributed by atoms with Crippen LogP contribution in [0, 0.1) is 5.92 Å². The number of sulfonamides is 1. The zero-order valence-electron chi connectivity index (χ0n) is 19.5. The minimum Gasteiger partial charge on any atom is -0.342 e. The molecule has 2 heterocycles. The van der Waals surface area contributed by atoms with E-state index >= 15 is 0 Å². The number of benzene rings is 1. The van der Waals surface area contributed by atoms with Crippen molar-refractivity contribution >= 4 is 15.9 Å². The van der Waals surface area contributed by atoms with Crippen molar-refractivity contribution in [3.05, 3.63) is 34.9 Å². The number of hydrogen-bond acceptors (Lipinski definition) is 4. The molecule has 0 aliphatic carbocycles. The van der Waals surface area contributed by atoms with Crippen molar-refractivity contribution < 1.29 is 39.6 Å². The van der Waals surface area contributed by atoms with E-state index in [0.717, 1.165) is 0 Å². The van der Waals surface area contributed by atoms with Gasteiger partial charge in [0.1, 0.15) is 0 Å². The molecule has 2 aliphatic rings. The largest absolute Gasteiger partial charge is 0.416 e. The Morgan fingerprint density at radius 2 is 1.40 bits per heavy atom. The second-order valence-electron chi connectivity index (χ2n) is 9.27. The predicted molar refractivity (Wildman–Crippen MR) is 117 cm³/mol. The molecule has 35 heavy (non-hydrogen) atoms. The van der Waals surface area contributed by atoms with E-state index in [9.17, 15) is 39.6 Å². The summed E-state index contributed by atoms with van der Waals surface area (Å²) in [5.74, 6) is -1.09. The van der Waals surface area contributed by atoms with Crippen molar-refractivity contribution in [3.8, 4) is 0 Å². The highest BCUT2D eigenvalue weighted by Crippen LogP contribution is 2.37. The van der Waals surface area contributed by atoms with Crippen LogP contribution in [0.1, 0.15) is 36.5 Å². The molecule has 1 amide bonds. The van der Waals surface area contributed by atoms with E-state index in [2.05, 4.69) is 4.90 Å². The molecule has 0 saturated carbocycles. The summed E-state index contributed by atoms with van der Waals surface area (Å²) >= 11 is 0. The molecule has 0 aromatic heterocycles. The highest BCUT2D eigenvalue weighted by Gasteiger charge is 2.37. The van der Waals surface area contributed by atoms with Crippen LogP contribution in [0.15, 0.2) is 18.2 Å². The number of carbonyl (C=O) groups excluding carboxylic acids is 1. The van der Waals surface area contributed by atoms with Gasteiger partial charge in [-0.05, 0) is 43.0 Å². The fraction of sp³-hybridized carbons (Fsp3) is 0.682. The minimum atomic E-state index is -4.93. The highest BCUT2D eigenvalue weighted by molar-refractivity contribution is 7.88. The molecule has 3 rings (SSSR count). The second kappa shape index (κ2) is 10.3. The molecule has 1 atom stereocenters. The quantitative estimate of drug-likeness (QED) is 0.549. The maximum absolute atomic E-state index is 13.1. The smallest absolute Gasteiger partial charge is 0.342 e. The number of likely N-dealkylation sites (tertiary alicyclic amines) is 1. The van der Waals surface area contributed by atoms with Gasteiger partial charge in [0, 0.05) is 51.2 Å². The maximum Gasteiger partial charge on any atom is 0.416 e. The number of piperidine rings is 1. The minimum absolute atomic E-state index is 0.0799. The van der Waals surface area contributed by atoms with Crippen LogP contribution in [0.4, 0.5) is 26.3 Å². The summed E-state index contributed by atoms with van der Waals surface area (Å²) in [4.78, 5) is 16.7. The van der Waals surface area contributed by atoms with Gasteiger partial charge in [0.05, 0.1) is 17.4 Å². The number of alkyl halides is 6. The van der Waals surface area contributed by atoms with Crippen molar-refractivity contribution in [3.63, 3.8) is 0 Å². The molecule has 1 aromatic rings. The van der Waals surface area contributed by atoms with Crippen LogP contribution >= 0.6 is 0 Å². The Kier molecular flexibility index (Phi) is 8.12. The van der Waals surface area contributed by atoms with Gasteiger partial charge in [0.2, 0.25) is 15.9 Å². The molecule has 0 bridgehead atoms. The maximum atomic E-state index is 13.1. The number of nitrogens with zero attached hydrogens (tertiary/aromatic N) is 3. The van der Waals surface area contributed by atoms with Crippen molar-refractivity contribution in [1.29, 1.82) is 0 Å². The van der Waals surface area contributed by atoms with E-state index in [0.29, 0.717) is 64.2 Å². The summed E-state index contributed by atoms with van der Waals surface area (Å²) in [6, 6.07) is 1.60. The van der Waals surface area contributed by atoms with Crippen LogP contribution in [0.2, 0.25) is 0 Å². The predicted octanol–water partition coefficient (Wildman–Crippen LogP) is 3.47. The molecule has 0 unspecified atom stereocenters. The van der Waals surface area contributed by atoms with Gasteiger partial charge in [0.25, 0.3) is 0 Å². The molecular weight excluding hydrogens is 500 g/mol. The number of carbonyl (C=O) groups is 1. The fourth-order valence-electron chi connectivity index (χ4n) is 4.74. The van der Waals surface area contributed by atoms with Gasteiger partial charge in [-0.1, -0.05) is 6.92 Å². The van der Waals surface area contributed by atoms with Gasteiger partial charge in [-0.2, -0.15) is 30.6 Å². The number of piperazine rings is 1. The third kappa shape index (κ3) is 7.10. The Hall–Kier alpha value is -1.86. The Labute approximate surface area is 200 Å². The van der Waals surface area contributed by atoms with Gasteiger partial charge in [-0.15, -0.1) is 0 Å². The number of halogens is 6. The first kappa shape index (κ1) is 27.7. The summed E-state index contributed by atoms with van der Waals surface area (Å²) in [6.45, 7) is 4.37. The van der Waals surface area contributed by atoms with Crippen LogP contribution in [-0.4, -0.2) is 80.0 Å². The topological polar surface area (TPSA) is 60.9 Å². The van der Waals surface area contributed by atoms with Crippen molar-refractivity contribution in [2.75, 3.05) is 45.5 Å². The Morgan fingerprint density at radius 1 is 0.914 bits per heavy atom. The molecular formula is C22H29F6N3O3S. The van der Waals surface area contributed by atoms with E-state index in [1.54, 1.807) is 4.90 Å². The lowest BCUT2D eigenvalue weighted by Gasteiger charge is -2.42. The van der Waals surface area contributed by atoms with Gasteiger partial charge in [0.15, 0.2) is 0 Å². The van der Waals surface area contributed by atoms with Crippen molar-refractivity contribution in [1.82, 2.24) is 14.1 Å². The van der Waals surface area contributed by atoms with E-state index in [4.69, 9.17) is 0 Å². The first-order valence-electron chi connectivity index (χ1n) is 11.3. The van der Waals surface area contributed by atoms with Crippen LogP contribution in [-0.2, 0) is 33.6 Å². The summed E-state index contributed by atoms with van der Waals surface area (Å²) < 4.78 is 103.